The van der Waals surface area contributed by atoms with Gasteiger partial charge in [-0.25, -0.2) is 4.39 Å². The predicted octanol–water partition coefficient (Wildman–Crippen LogP) is 3.96. The molecule has 0 saturated heterocycles. The van der Waals surface area contributed by atoms with Gasteiger partial charge in [-0.1, -0.05) is 35.9 Å². The molecular formula is C15H14ClFO2. The van der Waals surface area contributed by atoms with E-state index < -0.39 is 11.9 Å². The Labute approximate surface area is 116 Å². The van der Waals surface area contributed by atoms with Crippen molar-refractivity contribution in [1.82, 2.24) is 0 Å². The van der Waals surface area contributed by atoms with Gasteiger partial charge in [0, 0.05) is 5.56 Å². The normalized spacial score (nSPS) is 12.2. The maximum atomic E-state index is 13.4. The Balaban J connectivity index is 2.37. The molecule has 100 valence electrons. The van der Waals surface area contributed by atoms with Crippen LogP contribution in [0.1, 0.15) is 24.2 Å². The molecule has 0 amide bonds. The maximum Gasteiger partial charge on any atom is 0.142 e. The molecule has 1 unspecified atom stereocenters. The second-order valence-electron chi connectivity index (χ2n) is 4.05. The monoisotopic (exact) mass is 280 g/mol. The SMILES string of the molecule is CCOc1ccccc1C(O)c1ccc(Cl)c(F)c1. The number of hydrogen-bond acceptors (Lipinski definition) is 2. The summed E-state index contributed by atoms with van der Waals surface area (Å²) < 4.78 is 18.9. The molecule has 0 aliphatic heterocycles. The van der Waals surface area contributed by atoms with Crippen LogP contribution in [0.2, 0.25) is 5.02 Å². The molecule has 1 atom stereocenters. The first-order chi connectivity index (χ1) is 9.13. The van der Waals surface area contributed by atoms with Gasteiger partial charge in [0.05, 0.1) is 11.6 Å². The molecule has 0 aromatic heterocycles. The van der Waals surface area contributed by atoms with Crippen LogP contribution in [0.25, 0.3) is 0 Å². The Morgan fingerprint density at radius 2 is 2.00 bits per heavy atom. The molecule has 0 saturated carbocycles. The van der Waals surface area contributed by atoms with Gasteiger partial charge in [0.25, 0.3) is 0 Å². The highest BCUT2D eigenvalue weighted by Crippen LogP contribution is 2.31. The summed E-state index contributed by atoms with van der Waals surface area (Å²) in [5, 5.41) is 10.4. The van der Waals surface area contributed by atoms with Crippen LogP contribution < -0.4 is 4.74 Å². The lowest BCUT2D eigenvalue weighted by atomic mass is 10.0. The summed E-state index contributed by atoms with van der Waals surface area (Å²) in [4.78, 5) is 0. The first-order valence-corrected chi connectivity index (χ1v) is 6.36. The summed E-state index contributed by atoms with van der Waals surface area (Å²) in [6, 6.07) is 11.4. The first-order valence-electron chi connectivity index (χ1n) is 5.98. The fourth-order valence-electron chi connectivity index (χ4n) is 1.86. The minimum atomic E-state index is -0.950. The van der Waals surface area contributed by atoms with Crippen LogP contribution >= 0.6 is 11.6 Å². The van der Waals surface area contributed by atoms with Crippen molar-refractivity contribution >= 4 is 11.6 Å². The van der Waals surface area contributed by atoms with Crippen molar-refractivity contribution in [1.29, 1.82) is 0 Å². The zero-order valence-electron chi connectivity index (χ0n) is 10.4. The van der Waals surface area contributed by atoms with E-state index >= 15 is 0 Å². The average molecular weight is 281 g/mol. The summed E-state index contributed by atoms with van der Waals surface area (Å²) >= 11 is 5.63. The third-order valence-electron chi connectivity index (χ3n) is 2.77. The van der Waals surface area contributed by atoms with E-state index in [2.05, 4.69) is 0 Å². The summed E-state index contributed by atoms with van der Waals surface area (Å²) in [6.07, 6.45) is -0.950. The van der Waals surface area contributed by atoms with Crippen molar-refractivity contribution in [2.75, 3.05) is 6.61 Å². The third kappa shape index (κ3) is 3.06. The van der Waals surface area contributed by atoms with Crippen molar-refractivity contribution in [3.63, 3.8) is 0 Å². The van der Waals surface area contributed by atoms with E-state index in [1.54, 1.807) is 24.3 Å². The summed E-state index contributed by atoms with van der Waals surface area (Å²) in [5.74, 6) is 0.0416. The van der Waals surface area contributed by atoms with Crippen LogP contribution in [0, 0.1) is 5.82 Å². The lowest BCUT2D eigenvalue weighted by Gasteiger charge is -2.16. The molecule has 0 fully saturated rings. The molecule has 1 N–H and O–H groups in total. The van der Waals surface area contributed by atoms with Crippen LogP contribution in [0.3, 0.4) is 0 Å². The van der Waals surface area contributed by atoms with Gasteiger partial charge in [-0.05, 0) is 30.7 Å². The molecule has 4 heteroatoms. The molecule has 2 nitrogen and oxygen atoms in total. The quantitative estimate of drug-likeness (QED) is 0.918. The van der Waals surface area contributed by atoms with Crippen LogP contribution in [0.15, 0.2) is 42.5 Å². The molecule has 2 aromatic rings. The molecular weight excluding hydrogens is 267 g/mol. The third-order valence-corrected chi connectivity index (χ3v) is 3.08. The molecule has 19 heavy (non-hydrogen) atoms. The van der Waals surface area contributed by atoms with Gasteiger partial charge in [0.15, 0.2) is 0 Å². The smallest absolute Gasteiger partial charge is 0.142 e. The Bertz CT molecular complexity index is 572. The lowest BCUT2D eigenvalue weighted by molar-refractivity contribution is 0.211. The number of ether oxygens (including phenoxy) is 1. The largest absolute Gasteiger partial charge is 0.493 e. The zero-order chi connectivity index (χ0) is 13.8. The molecule has 0 aliphatic carbocycles. The fourth-order valence-corrected chi connectivity index (χ4v) is 1.97. The van der Waals surface area contributed by atoms with Crippen molar-refractivity contribution in [3.05, 3.63) is 64.4 Å². The Morgan fingerprint density at radius 1 is 1.26 bits per heavy atom. The topological polar surface area (TPSA) is 29.5 Å². The number of aliphatic hydroxyl groups is 1. The lowest BCUT2D eigenvalue weighted by Crippen LogP contribution is -2.04. The van der Waals surface area contributed by atoms with Crippen LogP contribution in [0.5, 0.6) is 5.75 Å². The number of rotatable bonds is 4. The maximum absolute atomic E-state index is 13.4. The minimum absolute atomic E-state index is 0.0362. The van der Waals surface area contributed by atoms with Crippen LogP contribution in [-0.2, 0) is 0 Å². The fraction of sp³-hybridized carbons (Fsp3) is 0.200. The van der Waals surface area contributed by atoms with Gasteiger partial charge in [0.1, 0.15) is 17.7 Å². The predicted molar refractivity (Wildman–Crippen MR) is 73.1 cm³/mol. The number of halogens is 2. The molecule has 0 bridgehead atoms. The summed E-state index contributed by atoms with van der Waals surface area (Å²) in [5.41, 5.74) is 1.04. The van der Waals surface area contributed by atoms with Crippen molar-refractivity contribution in [3.8, 4) is 5.75 Å². The number of para-hydroxylation sites is 1. The van der Waals surface area contributed by atoms with E-state index in [9.17, 15) is 9.50 Å². The molecule has 2 rings (SSSR count). The Morgan fingerprint density at radius 3 is 2.68 bits per heavy atom. The molecule has 0 aliphatic rings. The Hall–Kier alpha value is -1.58. The van der Waals surface area contributed by atoms with Crippen LogP contribution in [0.4, 0.5) is 4.39 Å². The van der Waals surface area contributed by atoms with E-state index in [1.165, 1.54) is 12.1 Å². The molecule has 0 radical (unpaired) electrons. The van der Waals surface area contributed by atoms with Gasteiger partial charge in [-0.15, -0.1) is 0 Å². The zero-order valence-corrected chi connectivity index (χ0v) is 11.2. The average Bonchev–Trinajstić information content (AvgIpc) is 2.42. The minimum Gasteiger partial charge on any atom is -0.493 e. The first kappa shape index (κ1) is 13.8. The van der Waals surface area contributed by atoms with Gasteiger partial charge < -0.3 is 9.84 Å². The molecule has 0 spiro atoms. The molecule has 2 aromatic carbocycles. The van der Waals surface area contributed by atoms with Gasteiger partial charge in [0.2, 0.25) is 0 Å². The van der Waals surface area contributed by atoms with E-state index in [0.717, 1.165) is 0 Å². The van der Waals surface area contributed by atoms with E-state index in [1.807, 2.05) is 13.0 Å². The number of hydrogen-bond donors (Lipinski definition) is 1. The van der Waals surface area contributed by atoms with Gasteiger partial charge in [-0.3, -0.25) is 0 Å². The number of benzene rings is 2. The van der Waals surface area contributed by atoms with Crippen molar-refractivity contribution < 1.29 is 14.2 Å². The van der Waals surface area contributed by atoms with Gasteiger partial charge in [-0.2, -0.15) is 0 Å². The van der Waals surface area contributed by atoms with E-state index in [0.29, 0.717) is 23.5 Å². The van der Waals surface area contributed by atoms with Crippen LogP contribution in [-0.4, -0.2) is 11.7 Å². The standard InChI is InChI=1S/C15H14ClFO2/c1-2-19-14-6-4-3-5-11(14)15(18)10-7-8-12(16)13(17)9-10/h3-9,15,18H,2H2,1H3. The van der Waals surface area contributed by atoms with E-state index in [4.69, 9.17) is 16.3 Å². The highest BCUT2D eigenvalue weighted by Gasteiger charge is 2.16. The second kappa shape index (κ2) is 6.04. The second-order valence-corrected chi connectivity index (χ2v) is 4.45. The Kier molecular flexibility index (Phi) is 4.40. The van der Waals surface area contributed by atoms with E-state index in [-0.39, 0.29) is 5.02 Å². The highest BCUT2D eigenvalue weighted by molar-refractivity contribution is 6.30. The summed E-state index contributed by atoms with van der Waals surface area (Å²) in [6.45, 7) is 2.36. The van der Waals surface area contributed by atoms with Crippen molar-refractivity contribution in [2.24, 2.45) is 0 Å². The van der Waals surface area contributed by atoms with Gasteiger partial charge >= 0.3 is 0 Å². The highest BCUT2D eigenvalue weighted by atomic mass is 35.5. The number of aliphatic hydroxyl groups excluding tert-OH is 1. The van der Waals surface area contributed by atoms with Crippen molar-refractivity contribution in [2.45, 2.75) is 13.0 Å². The molecule has 0 heterocycles. The summed E-state index contributed by atoms with van der Waals surface area (Å²) in [7, 11) is 0.